The number of hydrazine groups is 1. The van der Waals surface area contributed by atoms with Gasteiger partial charge in [-0.2, -0.15) is 5.01 Å². The Labute approximate surface area is 199 Å². The molecule has 2 amide bonds. The van der Waals surface area contributed by atoms with Crippen molar-refractivity contribution in [2.24, 2.45) is 4.99 Å². The van der Waals surface area contributed by atoms with Crippen LogP contribution < -0.4 is 11.0 Å². The molecular weight excluding hydrogens is 446 g/mol. The topological polar surface area (TPSA) is 117 Å². The van der Waals surface area contributed by atoms with E-state index in [0.717, 1.165) is 11.2 Å². The van der Waals surface area contributed by atoms with Gasteiger partial charge < -0.3 is 5.11 Å². The molecule has 4 aromatic rings. The van der Waals surface area contributed by atoms with Gasteiger partial charge >= 0.3 is 0 Å². The number of nitrogens with zero attached hydrogens (tertiary/aromatic N) is 4. The van der Waals surface area contributed by atoms with Crippen molar-refractivity contribution in [2.45, 2.75) is 6.54 Å². The van der Waals surface area contributed by atoms with Crippen LogP contribution >= 0.6 is 0 Å². The van der Waals surface area contributed by atoms with Crippen molar-refractivity contribution in [3.8, 4) is 5.75 Å². The lowest BCUT2D eigenvalue weighted by Crippen LogP contribution is -2.49. The van der Waals surface area contributed by atoms with E-state index in [4.69, 9.17) is 0 Å². The lowest BCUT2D eigenvalue weighted by Gasteiger charge is -2.20. The SMILES string of the molecule is O=C(Cn1c(=O)cnc2ccccc21)NN1C(=O)/C(=C\c2cccc(O)c2)N=C1c1ccccc1. The van der Waals surface area contributed by atoms with Crippen molar-refractivity contribution in [2.75, 3.05) is 0 Å². The molecule has 2 N–H and O–H groups in total. The number of aliphatic imine (C=N–C) groups is 1. The molecule has 1 aromatic heterocycles. The third-order valence-corrected chi connectivity index (χ3v) is 5.36. The number of carbonyl (C=O) groups excluding carboxylic acids is 2. The number of hydrogen-bond acceptors (Lipinski definition) is 6. The Morgan fingerprint density at radius 3 is 2.54 bits per heavy atom. The third-order valence-electron chi connectivity index (χ3n) is 5.36. The first-order chi connectivity index (χ1) is 17.0. The van der Waals surface area contributed by atoms with Crippen LogP contribution in [0.5, 0.6) is 5.75 Å². The van der Waals surface area contributed by atoms with Crippen LogP contribution in [0.25, 0.3) is 17.1 Å². The average molecular weight is 465 g/mol. The van der Waals surface area contributed by atoms with E-state index in [1.165, 1.54) is 22.8 Å². The summed E-state index contributed by atoms with van der Waals surface area (Å²) < 4.78 is 1.29. The molecule has 172 valence electrons. The second kappa shape index (κ2) is 9.06. The van der Waals surface area contributed by atoms with Crippen molar-refractivity contribution in [1.82, 2.24) is 20.0 Å². The fourth-order valence-corrected chi connectivity index (χ4v) is 3.76. The van der Waals surface area contributed by atoms with Crippen LogP contribution in [0.4, 0.5) is 0 Å². The number of fused-ring (bicyclic) bond motifs is 1. The van der Waals surface area contributed by atoms with Crippen LogP contribution in [0.2, 0.25) is 0 Å². The van der Waals surface area contributed by atoms with E-state index in [9.17, 15) is 19.5 Å². The Hall–Kier alpha value is -5.05. The molecule has 0 atom stereocenters. The molecule has 0 saturated carbocycles. The number of phenolic OH excluding ortho intramolecular Hbond substituents is 1. The lowest BCUT2D eigenvalue weighted by molar-refractivity contribution is -0.133. The Kier molecular flexibility index (Phi) is 5.64. The minimum Gasteiger partial charge on any atom is -0.508 e. The standard InChI is InChI=1S/C26H19N5O4/c32-19-10-6-7-17(13-19)14-21-26(35)31(25(28-21)18-8-2-1-3-9-18)29-23(33)16-30-22-12-5-4-11-20(22)27-15-24(30)34/h1-15,32H,16H2,(H,29,33)/b21-14+. The maximum atomic E-state index is 13.2. The zero-order chi connectivity index (χ0) is 24.4. The van der Waals surface area contributed by atoms with Gasteiger partial charge in [-0.3, -0.25) is 24.4 Å². The first-order valence-corrected chi connectivity index (χ1v) is 10.7. The predicted octanol–water partition coefficient (Wildman–Crippen LogP) is 2.46. The fourth-order valence-electron chi connectivity index (χ4n) is 3.76. The van der Waals surface area contributed by atoms with Gasteiger partial charge in [-0.1, -0.05) is 54.6 Å². The molecule has 0 radical (unpaired) electrons. The predicted molar refractivity (Wildman–Crippen MR) is 130 cm³/mol. The number of amides is 2. The molecule has 0 spiro atoms. The molecule has 1 aliphatic heterocycles. The normalized spacial score (nSPS) is 14.4. The molecule has 35 heavy (non-hydrogen) atoms. The Morgan fingerprint density at radius 1 is 0.971 bits per heavy atom. The van der Waals surface area contributed by atoms with Crippen molar-refractivity contribution < 1.29 is 14.7 Å². The van der Waals surface area contributed by atoms with Crippen LogP contribution in [0.1, 0.15) is 11.1 Å². The highest BCUT2D eigenvalue weighted by Gasteiger charge is 2.32. The summed E-state index contributed by atoms with van der Waals surface area (Å²) in [5.41, 5.74) is 4.50. The second-order valence-electron chi connectivity index (χ2n) is 7.77. The molecule has 0 unspecified atom stereocenters. The Balaban J connectivity index is 1.47. The van der Waals surface area contributed by atoms with E-state index in [1.807, 2.05) is 6.07 Å². The summed E-state index contributed by atoms with van der Waals surface area (Å²) in [6.07, 6.45) is 2.68. The van der Waals surface area contributed by atoms with Crippen molar-refractivity contribution in [3.05, 3.63) is 112 Å². The zero-order valence-electron chi connectivity index (χ0n) is 18.3. The Bertz CT molecular complexity index is 1570. The van der Waals surface area contributed by atoms with Gasteiger partial charge in [0.15, 0.2) is 5.84 Å². The van der Waals surface area contributed by atoms with Crippen LogP contribution in [0.3, 0.4) is 0 Å². The smallest absolute Gasteiger partial charge is 0.297 e. The number of hydrogen-bond donors (Lipinski definition) is 2. The summed E-state index contributed by atoms with van der Waals surface area (Å²) in [7, 11) is 0. The summed E-state index contributed by atoms with van der Waals surface area (Å²) in [5.74, 6) is -0.842. The van der Waals surface area contributed by atoms with E-state index in [0.29, 0.717) is 22.2 Å². The van der Waals surface area contributed by atoms with Gasteiger partial charge in [0, 0.05) is 5.56 Å². The van der Waals surface area contributed by atoms with Crippen LogP contribution in [-0.4, -0.2) is 37.3 Å². The third kappa shape index (κ3) is 4.42. The molecule has 0 aliphatic carbocycles. The first-order valence-electron chi connectivity index (χ1n) is 10.7. The van der Waals surface area contributed by atoms with Crippen LogP contribution in [0, 0.1) is 0 Å². The number of carbonyl (C=O) groups is 2. The minimum absolute atomic E-state index is 0.0530. The summed E-state index contributed by atoms with van der Waals surface area (Å²) in [6.45, 7) is -0.320. The highest BCUT2D eigenvalue weighted by Crippen LogP contribution is 2.22. The number of aromatic hydroxyl groups is 1. The molecule has 2 heterocycles. The van der Waals surface area contributed by atoms with Crippen molar-refractivity contribution in [3.63, 3.8) is 0 Å². The fraction of sp³-hybridized carbons (Fsp3) is 0.0385. The van der Waals surface area contributed by atoms with Gasteiger partial charge in [0.25, 0.3) is 17.4 Å². The number of amidine groups is 1. The molecule has 9 nitrogen and oxygen atoms in total. The van der Waals surface area contributed by atoms with E-state index in [1.54, 1.807) is 60.7 Å². The maximum absolute atomic E-state index is 13.2. The molecule has 1 aliphatic rings. The highest BCUT2D eigenvalue weighted by molar-refractivity contribution is 6.20. The first kappa shape index (κ1) is 21.8. The average Bonchev–Trinajstić information content (AvgIpc) is 3.16. The summed E-state index contributed by atoms with van der Waals surface area (Å²) in [4.78, 5) is 47.2. The van der Waals surface area contributed by atoms with E-state index in [2.05, 4.69) is 15.4 Å². The number of rotatable bonds is 5. The van der Waals surface area contributed by atoms with Gasteiger partial charge in [-0.15, -0.1) is 0 Å². The monoisotopic (exact) mass is 465 g/mol. The van der Waals surface area contributed by atoms with Gasteiger partial charge in [-0.25, -0.2) is 9.98 Å². The largest absolute Gasteiger partial charge is 0.508 e. The number of nitrogens with one attached hydrogen (secondary N) is 1. The molecule has 0 bridgehead atoms. The minimum atomic E-state index is -0.584. The van der Waals surface area contributed by atoms with Crippen LogP contribution in [-0.2, 0) is 16.1 Å². The number of benzene rings is 3. The van der Waals surface area contributed by atoms with E-state index >= 15 is 0 Å². The zero-order valence-corrected chi connectivity index (χ0v) is 18.3. The highest BCUT2D eigenvalue weighted by atomic mass is 16.3. The quantitative estimate of drug-likeness (QED) is 0.439. The molecular formula is C26H19N5O4. The Morgan fingerprint density at radius 2 is 1.74 bits per heavy atom. The molecule has 3 aromatic carbocycles. The van der Waals surface area contributed by atoms with Crippen molar-refractivity contribution in [1.29, 1.82) is 0 Å². The van der Waals surface area contributed by atoms with Crippen LogP contribution in [0.15, 0.2) is 101 Å². The van der Waals surface area contributed by atoms with Gasteiger partial charge in [0.05, 0.1) is 17.2 Å². The molecule has 9 heteroatoms. The maximum Gasteiger partial charge on any atom is 0.297 e. The van der Waals surface area contributed by atoms with Crippen molar-refractivity contribution >= 4 is 34.8 Å². The van der Waals surface area contributed by atoms with Gasteiger partial charge in [0.2, 0.25) is 0 Å². The van der Waals surface area contributed by atoms with E-state index < -0.39 is 17.4 Å². The summed E-state index contributed by atoms with van der Waals surface area (Å²) in [5, 5.41) is 10.8. The summed E-state index contributed by atoms with van der Waals surface area (Å²) >= 11 is 0. The molecule has 5 rings (SSSR count). The number of para-hydroxylation sites is 2. The second-order valence-corrected chi connectivity index (χ2v) is 7.77. The number of phenols is 1. The molecule has 0 fully saturated rings. The van der Waals surface area contributed by atoms with Gasteiger partial charge in [-0.05, 0) is 35.9 Å². The van der Waals surface area contributed by atoms with Gasteiger partial charge in [0.1, 0.15) is 18.0 Å². The summed E-state index contributed by atoms with van der Waals surface area (Å²) in [6, 6.07) is 22.3. The molecule has 0 saturated heterocycles. The van der Waals surface area contributed by atoms with E-state index in [-0.39, 0.29) is 23.8 Å². The lowest BCUT2D eigenvalue weighted by atomic mass is 10.2. The number of aromatic nitrogens is 2.